The maximum atomic E-state index is 12.9. The number of amides is 2. The third kappa shape index (κ3) is 3.31. The van der Waals surface area contributed by atoms with Gasteiger partial charge in [-0.15, -0.1) is 0 Å². The fourth-order valence-electron chi connectivity index (χ4n) is 8.14. The van der Waals surface area contributed by atoms with E-state index in [-0.39, 0.29) is 22.6 Å². The van der Waals surface area contributed by atoms with Gasteiger partial charge in [0.25, 0.3) is 0 Å². The minimum Gasteiger partial charge on any atom is -0.338 e. The molecular weight excluding hydrogens is 398 g/mol. The molecule has 5 heteroatoms. The molecule has 3 aliphatic carbocycles. The molecule has 1 aliphatic heterocycles. The van der Waals surface area contributed by atoms with Gasteiger partial charge >= 0.3 is 0 Å². The molecule has 1 aromatic heterocycles. The molecule has 1 aromatic rings. The summed E-state index contributed by atoms with van der Waals surface area (Å²) in [4.78, 5) is 31.5. The monoisotopic (exact) mass is 435 g/mol. The minimum atomic E-state index is 0.0828. The number of aryl methyl sites for hydroxylation is 1. The highest BCUT2D eigenvalue weighted by molar-refractivity contribution is 5.90. The van der Waals surface area contributed by atoms with Gasteiger partial charge in [0.2, 0.25) is 11.8 Å². The summed E-state index contributed by atoms with van der Waals surface area (Å²) in [6.45, 7) is 6.86. The van der Waals surface area contributed by atoms with Gasteiger partial charge in [-0.05, 0) is 92.2 Å². The first kappa shape index (κ1) is 21.7. The summed E-state index contributed by atoms with van der Waals surface area (Å²) in [6, 6.07) is 4.20. The smallest absolute Gasteiger partial charge is 0.246 e. The Morgan fingerprint density at radius 2 is 1.97 bits per heavy atom. The highest BCUT2D eigenvalue weighted by Gasteiger charge is 2.60. The van der Waals surface area contributed by atoms with E-state index in [9.17, 15) is 9.59 Å². The van der Waals surface area contributed by atoms with Crippen molar-refractivity contribution >= 4 is 17.6 Å². The summed E-state index contributed by atoms with van der Waals surface area (Å²) >= 11 is 0. The number of pyridine rings is 1. The topological polar surface area (TPSA) is 62.3 Å². The number of hydrogen-bond donors (Lipinski definition) is 1. The zero-order chi connectivity index (χ0) is 22.7. The number of carbonyl (C=O) groups excluding carboxylic acids is 2. The fourth-order valence-corrected chi connectivity index (χ4v) is 8.14. The average Bonchev–Trinajstić information content (AvgIpc) is 3.09. The van der Waals surface area contributed by atoms with E-state index in [1.807, 2.05) is 37.1 Å². The molecule has 0 radical (unpaired) electrons. The predicted octanol–water partition coefficient (Wildman–Crippen LogP) is 4.97. The molecule has 4 aliphatic rings. The third-order valence-electron chi connectivity index (χ3n) is 9.93. The number of hydrogen-bond acceptors (Lipinski definition) is 3. The van der Waals surface area contributed by atoms with Crippen molar-refractivity contribution in [2.75, 3.05) is 12.4 Å². The molecule has 0 bridgehead atoms. The summed E-state index contributed by atoms with van der Waals surface area (Å²) in [5.41, 5.74) is 1.42. The van der Waals surface area contributed by atoms with Gasteiger partial charge < -0.3 is 10.2 Å². The number of nitrogens with one attached hydrogen (secondary N) is 1. The first-order valence-electron chi connectivity index (χ1n) is 12.4. The molecule has 4 unspecified atom stereocenters. The van der Waals surface area contributed by atoms with Crippen molar-refractivity contribution in [2.24, 2.45) is 34.5 Å². The van der Waals surface area contributed by atoms with Crippen LogP contribution in [0, 0.1) is 41.4 Å². The van der Waals surface area contributed by atoms with E-state index in [0.717, 1.165) is 18.4 Å². The van der Waals surface area contributed by atoms with Crippen molar-refractivity contribution < 1.29 is 9.59 Å². The Labute approximate surface area is 192 Å². The Bertz CT molecular complexity index is 941. The Balaban J connectivity index is 1.31. The van der Waals surface area contributed by atoms with Crippen LogP contribution in [0.5, 0.6) is 0 Å². The summed E-state index contributed by atoms with van der Waals surface area (Å²) in [7, 11) is 1.98. The number of rotatable bonds is 3. The summed E-state index contributed by atoms with van der Waals surface area (Å²) < 4.78 is 0. The van der Waals surface area contributed by atoms with Crippen molar-refractivity contribution in [1.82, 2.24) is 9.88 Å². The second kappa shape index (κ2) is 7.71. The average molecular weight is 436 g/mol. The lowest BCUT2D eigenvalue weighted by Gasteiger charge is -2.60. The van der Waals surface area contributed by atoms with Crippen LogP contribution in [-0.2, 0) is 9.59 Å². The van der Waals surface area contributed by atoms with Crippen molar-refractivity contribution in [3.05, 3.63) is 36.0 Å². The van der Waals surface area contributed by atoms with Gasteiger partial charge in [-0.2, -0.15) is 0 Å². The van der Waals surface area contributed by atoms with E-state index in [4.69, 9.17) is 0 Å². The van der Waals surface area contributed by atoms with E-state index in [1.54, 1.807) is 6.20 Å². The van der Waals surface area contributed by atoms with Crippen LogP contribution in [0.2, 0.25) is 0 Å². The molecule has 0 aromatic carbocycles. The van der Waals surface area contributed by atoms with Crippen LogP contribution >= 0.6 is 0 Å². The second-order valence-corrected chi connectivity index (χ2v) is 11.4. The molecule has 3 fully saturated rings. The van der Waals surface area contributed by atoms with Crippen molar-refractivity contribution in [3.8, 4) is 0 Å². The molecule has 0 spiro atoms. The molecule has 32 heavy (non-hydrogen) atoms. The van der Waals surface area contributed by atoms with Crippen LogP contribution in [0.15, 0.2) is 30.5 Å². The van der Waals surface area contributed by atoms with Crippen LogP contribution in [-0.4, -0.2) is 34.8 Å². The Hall–Kier alpha value is -2.17. The summed E-state index contributed by atoms with van der Waals surface area (Å²) in [5, 5.41) is 3.02. The Kier molecular flexibility index (Phi) is 5.22. The molecule has 5 nitrogen and oxygen atoms in total. The third-order valence-corrected chi connectivity index (χ3v) is 9.93. The number of nitrogens with zero attached hydrogens (tertiary/aromatic N) is 2. The van der Waals surface area contributed by atoms with Crippen LogP contribution < -0.4 is 5.32 Å². The van der Waals surface area contributed by atoms with Gasteiger partial charge in [-0.25, -0.2) is 4.98 Å². The number of fused-ring (bicyclic) bond motifs is 5. The van der Waals surface area contributed by atoms with E-state index in [1.165, 1.54) is 25.7 Å². The molecule has 3 saturated carbocycles. The quantitative estimate of drug-likeness (QED) is 0.729. The molecule has 0 saturated heterocycles. The maximum Gasteiger partial charge on any atom is 0.246 e. The predicted molar refractivity (Wildman–Crippen MR) is 126 cm³/mol. The minimum absolute atomic E-state index is 0.0828. The lowest BCUT2D eigenvalue weighted by molar-refractivity contribution is -0.139. The fraction of sp³-hybridized carbons (Fsp3) is 0.667. The van der Waals surface area contributed by atoms with Crippen molar-refractivity contribution in [3.63, 3.8) is 0 Å². The molecule has 2 amide bonds. The Morgan fingerprint density at radius 1 is 1.16 bits per heavy atom. The highest BCUT2D eigenvalue weighted by atomic mass is 16.2. The molecule has 5 rings (SSSR count). The lowest BCUT2D eigenvalue weighted by Crippen LogP contribution is -2.59. The molecular formula is C27H37N3O2. The molecule has 172 valence electrons. The molecule has 1 N–H and O–H groups in total. The van der Waals surface area contributed by atoms with Crippen LogP contribution in [0.1, 0.15) is 64.4 Å². The van der Waals surface area contributed by atoms with Gasteiger partial charge in [-0.1, -0.05) is 26.0 Å². The summed E-state index contributed by atoms with van der Waals surface area (Å²) in [5.74, 6) is 3.37. The van der Waals surface area contributed by atoms with Gasteiger partial charge in [0.1, 0.15) is 5.82 Å². The standard InChI is InChI=1S/C27H37N3O2/c1-17-5-10-23(28-16-17)29-24(31)15-18-6-8-20-19-7-9-22-27(3,14-12-25(32)30(22)4)21(19)11-13-26(18,20)2/h5,10,12,14,16,18-22H,6-9,11,13,15H2,1-4H3,(H,28,29,31)/t18-,19?,20?,21?,22?,26-,27-/m1/s1. The van der Waals surface area contributed by atoms with E-state index in [2.05, 4.69) is 30.2 Å². The largest absolute Gasteiger partial charge is 0.338 e. The SMILES string of the molecule is Cc1ccc(NC(=O)C[C@H]2CCC3C4CCC5N(C)C(=O)C=C[C@]5(C)C4CC[C@@]32C)nc1. The van der Waals surface area contributed by atoms with Crippen molar-refractivity contribution in [2.45, 2.75) is 71.8 Å². The van der Waals surface area contributed by atoms with E-state index < -0.39 is 0 Å². The first-order valence-corrected chi connectivity index (χ1v) is 12.4. The van der Waals surface area contributed by atoms with Crippen molar-refractivity contribution in [1.29, 1.82) is 0 Å². The van der Waals surface area contributed by atoms with Crippen LogP contribution in [0.3, 0.4) is 0 Å². The van der Waals surface area contributed by atoms with Gasteiger partial charge in [0, 0.05) is 31.1 Å². The second-order valence-electron chi connectivity index (χ2n) is 11.4. The highest BCUT2D eigenvalue weighted by Crippen LogP contribution is 2.65. The Morgan fingerprint density at radius 3 is 2.72 bits per heavy atom. The maximum absolute atomic E-state index is 12.9. The first-order chi connectivity index (χ1) is 15.2. The zero-order valence-corrected chi connectivity index (χ0v) is 19.9. The van der Waals surface area contributed by atoms with Gasteiger partial charge in [-0.3, -0.25) is 9.59 Å². The van der Waals surface area contributed by atoms with Gasteiger partial charge in [0.05, 0.1) is 0 Å². The van der Waals surface area contributed by atoms with Crippen LogP contribution in [0.4, 0.5) is 5.82 Å². The number of aromatic nitrogens is 1. The molecule has 2 heterocycles. The van der Waals surface area contributed by atoms with Crippen LogP contribution in [0.25, 0.3) is 0 Å². The lowest BCUT2D eigenvalue weighted by atomic mass is 9.47. The number of likely N-dealkylation sites (N-methyl/N-ethyl adjacent to an activating group) is 1. The molecule has 7 atom stereocenters. The van der Waals surface area contributed by atoms with E-state index >= 15 is 0 Å². The number of anilines is 1. The normalized spacial score (nSPS) is 40.4. The van der Waals surface area contributed by atoms with Gasteiger partial charge in [0.15, 0.2) is 0 Å². The zero-order valence-electron chi connectivity index (χ0n) is 19.9. The number of carbonyl (C=O) groups is 2. The van der Waals surface area contributed by atoms with E-state index in [0.29, 0.717) is 42.0 Å². The summed E-state index contributed by atoms with van der Waals surface area (Å²) in [6.07, 6.45) is 13.5.